The van der Waals surface area contributed by atoms with Crippen molar-refractivity contribution in [2.75, 3.05) is 19.7 Å². The van der Waals surface area contributed by atoms with Gasteiger partial charge in [0.2, 0.25) is 5.89 Å². The number of hydrogen-bond acceptors (Lipinski definition) is 7. The van der Waals surface area contributed by atoms with Crippen molar-refractivity contribution < 1.29 is 14.1 Å². The molecule has 1 atom stereocenters. The van der Waals surface area contributed by atoms with E-state index in [4.69, 9.17) is 9.26 Å². The lowest BCUT2D eigenvalue weighted by Gasteiger charge is -2.32. The van der Waals surface area contributed by atoms with E-state index in [1.807, 2.05) is 6.92 Å². The molecule has 2 aromatic heterocycles. The van der Waals surface area contributed by atoms with Gasteiger partial charge in [-0.3, -0.25) is 9.78 Å². The first kappa shape index (κ1) is 19.4. The summed E-state index contributed by atoms with van der Waals surface area (Å²) in [6, 6.07) is 0. The van der Waals surface area contributed by atoms with Gasteiger partial charge in [0, 0.05) is 32.1 Å². The first-order valence-corrected chi connectivity index (χ1v) is 9.52. The summed E-state index contributed by atoms with van der Waals surface area (Å²) in [6.45, 7) is 7.88. The van der Waals surface area contributed by atoms with Crippen molar-refractivity contribution in [3.8, 4) is 0 Å². The number of nitrogens with zero attached hydrogens (tertiary/aromatic N) is 5. The Bertz CT molecular complexity index is 744. The van der Waals surface area contributed by atoms with Crippen LogP contribution in [0.1, 0.15) is 54.6 Å². The molecule has 8 nitrogen and oxygen atoms in total. The minimum atomic E-state index is -0.0905. The summed E-state index contributed by atoms with van der Waals surface area (Å²) in [5.74, 6) is 1.74. The second-order valence-corrected chi connectivity index (χ2v) is 7.38. The molecule has 0 aromatic carbocycles. The van der Waals surface area contributed by atoms with Crippen LogP contribution in [0.4, 0.5) is 0 Å². The zero-order valence-corrected chi connectivity index (χ0v) is 16.2. The maximum Gasteiger partial charge on any atom is 0.274 e. The number of likely N-dealkylation sites (tertiary alicyclic amines) is 1. The molecule has 1 aliphatic rings. The van der Waals surface area contributed by atoms with Gasteiger partial charge in [0.25, 0.3) is 5.91 Å². The summed E-state index contributed by atoms with van der Waals surface area (Å²) in [5.41, 5.74) is 1.18. The Kier molecular flexibility index (Phi) is 6.49. The summed E-state index contributed by atoms with van der Waals surface area (Å²) in [7, 11) is 0. The van der Waals surface area contributed by atoms with E-state index in [2.05, 4.69) is 34.0 Å². The zero-order chi connectivity index (χ0) is 19.2. The lowest BCUT2D eigenvalue weighted by Crippen LogP contribution is -2.43. The fourth-order valence-electron chi connectivity index (χ4n) is 3.06. The fourth-order valence-corrected chi connectivity index (χ4v) is 3.06. The summed E-state index contributed by atoms with van der Waals surface area (Å²) >= 11 is 0. The average Bonchev–Trinajstić information content (AvgIpc) is 3.08. The van der Waals surface area contributed by atoms with E-state index >= 15 is 0 Å². The van der Waals surface area contributed by atoms with E-state index in [1.54, 1.807) is 11.1 Å². The van der Waals surface area contributed by atoms with Crippen LogP contribution in [0.5, 0.6) is 0 Å². The standard InChI is InChI=1S/C19H27N5O3/c1-13(2)9-18-22-17(23-27-18)6-8-26-15-5-4-7-24(12-15)19(25)16-11-20-14(3)10-21-16/h10-11,13,15H,4-9,12H2,1-3H3. The third kappa shape index (κ3) is 5.56. The Hall–Kier alpha value is -2.35. The van der Waals surface area contributed by atoms with Gasteiger partial charge in [-0.1, -0.05) is 19.0 Å². The number of hydrogen-bond donors (Lipinski definition) is 0. The molecule has 0 radical (unpaired) electrons. The smallest absolute Gasteiger partial charge is 0.274 e. The van der Waals surface area contributed by atoms with Gasteiger partial charge in [0.05, 0.1) is 24.6 Å². The van der Waals surface area contributed by atoms with Crippen molar-refractivity contribution in [1.82, 2.24) is 25.0 Å². The van der Waals surface area contributed by atoms with E-state index in [1.165, 1.54) is 6.20 Å². The van der Waals surface area contributed by atoms with Crippen molar-refractivity contribution in [2.45, 2.75) is 52.6 Å². The first-order chi connectivity index (χ1) is 13.0. The normalized spacial score (nSPS) is 17.5. The molecule has 0 aliphatic carbocycles. The molecule has 0 bridgehead atoms. The molecule has 2 aromatic rings. The molecular formula is C19H27N5O3. The lowest BCUT2D eigenvalue weighted by atomic mass is 10.1. The molecule has 3 heterocycles. The minimum absolute atomic E-state index is 0.0168. The van der Waals surface area contributed by atoms with E-state index < -0.39 is 0 Å². The average molecular weight is 373 g/mol. The Morgan fingerprint density at radius 2 is 2.22 bits per heavy atom. The van der Waals surface area contributed by atoms with Gasteiger partial charge in [-0.25, -0.2) is 4.98 Å². The fraction of sp³-hybridized carbons (Fsp3) is 0.632. The van der Waals surface area contributed by atoms with Crippen LogP contribution in [0.25, 0.3) is 0 Å². The second kappa shape index (κ2) is 9.03. The Morgan fingerprint density at radius 1 is 1.37 bits per heavy atom. The number of carbonyl (C=O) groups is 1. The van der Waals surface area contributed by atoms with Crippen LogP contribution < -0.4 is 0 Å². The molecular weight excluding hydrogens is 346 g/mol. The Morgan fingerprint density at radius 3 is 2.96 bits per heavy atom. The highest BCUT2D eigenvalue weighted by atomic mass is 16.5. The van der Waals surface area contributed by atoms with Crippen molar-refractivity contribution in [3.63, 3.8) is 0 Å². The monoisotopic (exact) mass is 373 g/mol. The predicted octanol–water partition coefficient (Wildman–Crippen LogP) is 2.23. The van der Waals surface area contributed by atoms with Crippen LogP contribution in [-0.4, -0.2) is 56.7 Å². The van der Waals surface area contributed by atoms with Gasteiger partial charge in [-0.15, -0.1) is 0 Å². The molecule has 1 amide bonds. The molecule has 146 valence electrons. The largest absolute Gasteiger partial charge is 0.376 e. The Balaban J connectivity index is 1.46. The van der Waals surface area contributed by atoms with Crippen LogP contribution in [0.3, 0.4) is 0 Å². The number of rotatable bonds is 7. The molecule has 8 heteroatoms. The summed E-state index contributed by atoms with van der Waals surface area (Å²) < 4.78 is 11.2. The van der Waals surface area contributed by atoms with Crippen LogP contribution in [0, 0.1) is 12.8 Å². The van der Waals surface area contributed by atoms with Crippen molar-refractivity contribution >= 4 is 5.91 Å². The maximum absolute atomic E-state index is 12.6. The highest BCUT2D eigenvalue weighted by molar-refractivity contribution is 5.92. The summed E-state index contributed by atoms with van der Waals surface area (Å²) in [6.07, 6.45) is 6.41. The number of aromatic nitrogens is 4. The predicted molar refractivity (Wildman–Crippen MR) is 98.2 cm³/mol. The lowest BCUT2D eigenvalue weighted by molar-refractivity contribution is 0.00230. The SMILES string of the molecule is Cc1cnc(C(=O)N2CCCC(OCCc3noc(CC(C)C)n3)C2)cn1. The molecule has 1 fully saturated rings. The number of carbonyl (C=O) groups excluding carboxylic acids is 1. The van der Waals surface area contributed by atoms with Crippen LogP contribution in [0.15, 0.2) is 16.9 Å². The van der Waals surface area contributed by atoms with Gasteiger partial charge in [0.1, 0.15) is 5.69 Å². The minimum Gasteiger partial charge on any atom is -0.376 e. The maximum atomic E-state index is 12.6. The number of aryl methyl sites for hydroxylation is 1. The van der Waals surface area contributed by atoms with Gasteiger partial charge in [-0.05, 0) is 25.7 Å². The van der Waals surface area contributed by atoms with E-state index in [0.29, 0.717) is 42.9 Å². The van der Waals surface area contributed by atoms with E-state index in [9.17, 15) is 4.79 Å². The molecule has 3 rings (SSSR count). The molecule has 27 heavy (non-hydrogen) atoms. The molecule has 1 saturated heterocycles. The Labute approximate surface area is 159 Å². The van der Waals surface area contributed by atoms with Crippen LogP contribution >= 0.6 is 0 Å². The molecule has 1 aliphatic heterocycles. The summed E-state index contributed by atoms with van der Waals surface area (Å²) in [4.78, 5) is 27.1. The molecule has 0 saturated carbocycles. The van der Waals surface area contributed by atoms with Gasteiger partial charge in [-0.2, -0.15) is 4.98 Å². The molecule has 1 unspecified atom stereocenters. The van der Waals surface area contributed by atoms with Crippen molar-refractivity contribution in [3.05, 3.63) is 35.5 Å². The quantitative estimate of drug-likeness (QED) is 0.734. The zero-order valence-electron chi connectivity index (χ0n) is 16.2. The number of piperidine rings is 1. The van der Waals surface area contributed by atoms with Crippen molar-refractivity contribution in [2.24, 2.45) is 5.92 Å². The summed E-state index contributed by atoms with van der Waals surface area (Å²) in [5, 5.41) is 4.00. The highest BCUT2D eigenvalue weighted by Crippen LogP contribution is 2.16. The second-order valence-electron chi connectivity index (χ2n) is 7.38. The van der Waals surface area contributed by atoms with Crippen LogP contribution in [0.2, 0.25) is 0 Å². The van der Waals surface area contributed by atoms with E-state index in [0.717, 1.165) is 31.5 Å². The molecule has 0 N–H and O–H groups in total. The van der Waals surface area contributed by atoms with Gasteiger partial charge < -0.3 is 14.2 Å². The van der Waals surface area contributed by atoms with Gasteiger partial charge >= 0.3 is 0 Å². The number of amides is 1. The first-order valence-electron chi connectivity index (χ1n) is 9.52. The van der Waals surface area contributed by atoms with Gasteiger partial charge in [0.15, 0.2) is 5.82 Å². The van der Waals surface area contributed by atoms with Crippen LogP contribution in [-0.2, 0) is 17.6 Å². The number of ether oxygens (including phenoxy) is 1. The third-order valence-corrected chi connectivity index (χ3v) is 4.44. The topological polar surface area (TPSA) is 94.2 Å². The molecule has 0 spiro atoms. The highest BCUT2D eigenvalue weighted by Gasteiger charge is 2.26. The van der Waals surface area contributed by atoms with Crippen molar-refractivity contribution in [1.29, 1.82) is 0 Å². The van der Waals surface area contributed by atoms with E-state index in [-0.39, 0.29) is 12.0 Å². The third-order valence-electron chi connectivity index (χ3n) is 4.44.